The number of halogens is 3. The number of hydrogen-bond donors (Lipinski definition) is 1. The number of carbonyl (C=O) groups is 1. The second kappa shape index (κ2) is 6.73. The van der Waals surface area contributed by atoms with E-state index in [-0.39, 0.29) is 17.6 Å². The van der Waals surface area contributed by atoms with Crippen molar-refractivity contribution < 1.29 is 18.0 Å². The van der Waals surface area contributed by atoms with Crippen LogP contribution in [-0.2, 0) is 11.0 Å². The van der Waals surface area contributed by atoms with E-state index >= 15 is 0 Å². The third kappa shape index (κ3) is 3.82. The largest absolute Gasteiger partial charge is 0.445 e. The minimum atomic E-state index is -4.56. The van der Waals surface area contributed by atoms with Crippen molar-refractivity contribution in [2.24, 2.45) is 0 Å². The first-order valence-corrected chi connectivity index (χ1v) is 8.54. The summed E-state index contributed by atoms with van der Waals surface area (Å²) in [4.78, 5) is 12.2. The monoisotopic (exact) mass is 372 g/mol. The summed E-state index contributed by atoms with van der Waals surface area (Å²) in [5.41, 5.74) is 0.958. The highest BCUT2D eigenvalue weighted by atomic mass is 32.1. The topological polar surface area (TPSA) is 59.8 Å². The van der Waals surface area contributed by atoms with Gasteiger partial charge in [-0.05, 0) is 34.5 Å². The fraction of sp³-hybridized carbons (Fsp3) is 0.214. The Bertz CT molecular complexity index is 762. The van der Waals surface area contributed by atoms with E-state index in [9.17, 15) is 18.0 Å². The van der Waals surface area contributed by atoms with Crippen molar-refractivity contribution in [1.82, 2.24) is 14.8 Å². The maximum Gasteiger partial charge on any atom is 0.445 e. The third-order valence-electron chi connectivity index (χ3n) is 3.21. The molecule has 0 aromatic carbocycles. The molecule has 0 aliphatic rings. The Balaban J connectivity index is 1.71. The van der Waals surface area contributed by atoms with Gasteiger partial charge >= 0.3 is 6.18 Å². The number of nitrogens with zero attached hydrogens (tertiary/aromatic N) is 3. The fourth-order valence-corrected chi connectivity index (χ4v) is 3.48. The number of rotatable bonds is 5. The van der Waals surface area contributed by atoms with Gasteiger partial charge in [-0.3, -0.25) is 4.79 Å². The van der Waals surface area contributed by atoms with E-state index in [1.807, 2.05) is 45.9 Å². The van der Waals surface area contributed by atoms with Crippen LogP contribution in [0.3, 0.4) is 0 Å². The van der Waals surface area contributed by atoms with Crippen LogP contribution in [0, 0.1) is 0 Å². The zero-order chi connectivity index (χ0) is 17.2. The molecular weight excluding hydrogens is 361 g/mol. The Morgan fingerprint density at radius 2 is 2.04 bits per heavy atom. The van der Waals surface area contributed by atoms with E-state index in [0.717, 1.165) is 5.56 Å². The van der Waals surface area contributed by atoms with Crippen LogP contribution in [0.2, 0.25) is 0 Å². The molecule has 1 N–H and O–H groups in total. The molecule has 3 heterocycles. The lowest BCUT2D eigenvalue weighted by Gasteiger charge is -2.17. The van der Waals surface area contributed by atoms with Gasteiger partial charge in [-0.2, -0.15) is 24.5 Å². The van der Waals surface area contributed by atoms with Gasteiger partial charge in [-0.25, -0.2) is 0 Å². The Labute approximate surface area is 142 Å². The second-order valence-electron chi connectivity index (χ2n) is 4.87. The molecule has 1 amide bonds. The highest BCUT2D eigenvalue weighted by Crippen LogP contribution is 2.33. The molecule has 0 bridgehead atoms. The number of nitrogens with one attached hydrogen (secondary N) is 1. The molecule has 0 saturated carbocycles. The molecule has 24 heavy (non-hydrogen) atoms. The SMILES string of the molecule is O=C(C[C@@H](c1ccsc1)n1cccc1)Nc1nnc(C(F)(F)F)s1. The average Bonchev–Trinajstić information content (AvgIpc) is 3.25. The highest BCUT2D eigenvalue weighted by molar-refractivity contribution is 7.15. The highest BCUT2D eigenvalue weighted by Gasteiger charge is 2.35. The number of anilines is 1. The zero-order valence-corrected chi connectivity index (χ0v) is 13.7. The van der Waals surface area contributed by atoms with Gasteiger partial charge in [0.15, 0.2) is 0 Å². The fourth-order valence-electron chi connectivity index (χ4n) is 2.15. The lowest BCUT2D eigenvalue weighted by molar-refractivity contribution is -0.138. The van der Waals surface area contributed by atoms with Gasteiger partial charge < -0.3 is 9.88 Å². The van der Waals surface area contributed by atoms with Crippen LogP contribution in [-0.4, -0.2) is 20.7 Å². The van der Waals surface area contributed by atoms with E-state index in [0.29, 0.717) is 11.3 Å². The molecule has 5 nitrogen and oxygen atoms in total. The van der Waals surface area contributed by atoms with E-state index in [4.69, 9.17) is 0 Å². The van der Waals surface area contributed by atoms with Crippen molar-refractivity contribution in [3.63, 3.8) is 0 Å². The van der Waals surface area contributed by atoms with Crippen molar-refractivity contribution in [1.29, 1.82) is 0 Å². The number of thiophene rings is 1. The van der Waals surface area contributed by atoms with Gasteiger partial charge in [0.05, 0.1) is 12.5 Å². The standard InChI is InChI=1S/C14H11F3N4OS2/c15-14(16,17)12-19-20-13(24-12)18-11(22)7-10(9-3-6-23-8-9)21-4-1-2-5-21/h1-6,8,10H,7H2,(H,18,20,22)/t10-/m0/s1. The molecule has 0 aliphatic heterocycles. The predicted octanol–water partition coefficient (Wildman–Crippen LogP) is 4.04. The summed E-state index contributed by atoms with van der Waals surface area (Å²) in [5, 5.41) is 11.4. The number of amides is 1. The van der Waals surface area contributed by atoms with Crippen LogP contribution < -0.4 is 5.32 Å². The van der Waals surface area contributed by atoms with E-state index in [2.05, 4.69) is 15.5 Å². The summed E-state index contributed by atoms with van der Waals surface area (Å²) in [6.07, 6.45) is -0.817. The molecule has 0 fully saturated rings. The van der Waals surface area contributed by atoms with Crippen molar-refractivity contribution in [2.75, 3.05) is 5.32 Å². The molecule has 3 aromatic heterocycles. The van der Waals surface area contributed by atoms with E-state index in [1.165, 1.54) is 11.3 Å². The van der Waals surface area contributed by atoms with Crippen molar-refractivity contribution in [2.45, 2.75) is 18.6 Å². The van der Waals surface area contributed by atoms with Crippen LogP contribution in [0.25, 0.3) is 0 Å². The zero-order valence-electron chi connectivity index (χ0n) is 12.0. The number of hydrogen-bond acceptors (Lipinski definition) is 5. The summed E-state index contributed by atoms with van der Waals surface area (Å²) in [6, 6.07) is 5.37. The van der Waals surface area contributed by atoms with Gasteiger partial charge in [0, 0.05) is 12.4 Å². The van der Waals surface area contributed by atoms with Gasteiger partial charge in [-0.1, -0.05) is 11.3 Å². The van der Waals surface area contributed by atoms with Crippen molar-refractivity contribution in [3.05, 3.63) is 51.9 Å². The molecule has 3 aromatic rings. The van der Waals surface area contributed by atoms with Crippen LogP contribution in [0.15, 0.2) is 41.4 Å². The summed E-state index contributed by atoms with van der Waals surface area (Å²) in [6.45, 7) is 0. The lowest BCUT2D eigenvalue weighted by atomic mass is 10.1. The number of carbonyl (C=O) groups excluding carboxylic acids is 1. The van der Waals surface area contributed by atoms with Crippen molar-refractivity contribution in [3.8, 4) is 0 Å². The average molecular weight is 372 g/mol. The molecule has 10 heteroatoms. The van der Waals surface area contributed by atoms with Crippen molar-refractivity contribution >= 4 is 33.7 Å². The third-order valence-corrected chi connectivity index (χ3v) is 4.79. The Kier molecular flexibility index (Phi) is 4.67. The summed E-state index contributed by atoms with van der Waals surface area (Å²) < 4.78 is 39.4. The summed E-state index contributed by atoms with van der Waals surface area (Å²) >= 11 is 1.82. The van der Waals surface area contributed by atoms with E-state index in [1.54, 1.807) is 0 Å². The first-order valence-electron chi connectivity index (χ1n) is 6.78. The van der Waals surface area contributed by atoms with E-state index < -0.39 is 17.1 Å². The molecule has 0 radical (unpaired) electrons. The van der Waals surface area contributed by atoms with Crippen LogP contribution in [0.1, 0.15) is 23.0 Å². The molecule has 0 saturated heterocycles. The second-order valence-corrected chi connectivity index (χ2v) is 6.62. The first-order chi connectivity index (χ1) is 11.4. The van der Waals surface area contributed by atoms with Crippen LogP contribution >= 0.6 is 22.7 Å². The van der Waals surface area contributed by atoms with Gasteiger partial charge in [0.1, 0.15) is 0 Å². The Morgan fingerprint density at radius 3 is 2.62 bits per heavy atom. The Morgan fingerprint density at radius 1 is 1.29 bits per heavy atom. The molecular formula is C14H11F3N4OS2. The smallest absolute Gasteiger partial charge is 0.346 e. The molecule has 0 spiro atoms. The Hall–Kier alpha value is -2.20. The molecule has 0 unspecified atom stereocenters. The normalized spacial score (nSPS) is 13.0. The molecule has 0 aliphatic carbocycles. The summed E-state index contributed by atoms with van der Waals surface area (Å²) in [5.74, 6) is -0.426. The molecule has 1 atom stereocenters. The van der Waals surface area contributed by atoms with Gasteiger partial charge in [0.2, 0.25) is 16.0 Å². The van der Waals surface area contributed by atoms with Gasteiger partial charge in [0.25, 0.3) is 0 Å². The number of alkyl halides is 3. The van der Waals surface area contributed by atoms with Crippen LogP contribution in [0.5, 0.6) is 0 Å². The van der Waals surface area contributed by atoms with Crippen LogP contribution in [0.4, 0.5) is 18.3 Å². The molecule has 3 rings (SSSR count). The maximum absolute atomic E-state index is 12.5. The maximum atomic E-state index is 12.5. The minimum Gasteiger partial charge on any atom is -0.346 e. The summed E-state index contributed by atoms with van der Waals surface area (Å²) in [7, 11) is 0. The van der Waals surface area contributed by atoms with Gasteiger partial charge in [-0.15, -0.1) is 10.2 Å². The minimum absolute atomic E-state index is 0.0757. The number of aromatic nitrogens is 3. The lowest BCUT2D eigenvalue weighted by Crippen LogP contribution is -2.19. The predicted molar refractivity (Wildman–Crippen MR) is 85.0 cm³/mol. The first kappa shape index (κ1) is 16.7. The molecule has 126 valence electrons. The quantitative estimate of drug-likeness (QED) is 0.735.